The highest BCUT2D eigenvalue weighted by molar-refractivity contribution is 7.82. The Bertz CT molecular complexity index is 1030. The van der Waals surface area contributed by atoms with E-state index in [1.807, 2.05) is 0 Å². The monoisotopic (exact) mass is 466 g/mol. The van der Waals surface area contributed by atoms with Crippen LogP contribution < -0.4 is 4.18 Å². The van der Waals surface area contributed by atoms with Crippen molar-refractivity contribution in [2.24, 2.45) is 0 Å². The molecular formula is C17H17F3N2O8S. The Balaban J connectivity index is 0.000000640. The first-order valence-corrected chi connectivity index (χ1v) is 8.79. The van der Waals surface area contributed by atoms with E-state index in [0.29, 0.717) is 5.56 Å². The van der Waals surface area contributed by atoms with Crippen molar-refractivity contribution in [2.45, 2.75) is 13.8 Å². The number of esters is 1. The van der Waals surface area contributed by atoms with E-state index < -0.39 is 40.1 Å². The van der Waals surface area contributed by atoms with E-state index in [-0.39, 0.29) is 13.1 Å². The maximum atomic E-state index is 11.8. The number of halogens is 3. The minimum absolute atomic E-state index is 0. The number of pyridine rings is 2. The van der Waals surface area contributed by atoms with Gasteiger partial charge in [-0.25, -0.2) is 19.6 Å². The minimum Gasteiger partial charge on any atom is -0.476 e. The summed E-state index contributed by atoms with van der Waals surface area (Å²) in [4.78, 5) is 28.8. The molecule has 1 N–H and O–H groups in total. The lowest BCUT2D eigenvalue weighted by atomic mass is 10.2. The molecule has 0 spiro atoms. The van der Waals surface area contributed by atoms with Crippen LogP contribution in [0.4, 0.5) is 13.2 Å². The lowest BCUT2D eigenvalue weighted by Gasteiger charge is -2.10. The molecule has 2 aromatic heterocycles. The van der Waals surface area contributed by atoms with Gasteiger partial charge in [0.15, 0.2) is 17.1 Å². The summed E-state index contributed by atoms with van der Waals surface area (Å²) in [6.07, 6.45) is -1.45. The van der Waals surface area contributed by atoms with Crippen molar-refractivity contribution in [2.75, 3.05) is 7.11 Å². The molecule has 0 radical (unpaired) electrons. The molecule has 2 aromatic rings. The number of rotatable bonds is 6. The second-order valence-electron chi connectivity index (χ2n) is 4.81. The number of nitrogens with zero attached hydrogens (tertiary/aromatic N) is 2. The Morgan fingerprint density at radius 1 is 1.13 bits per heavy atom. The first kappa shape index (κ1) is 27.5. The van der Waals surface area contributed by atoms with Gasteiger partial charge in [0.1, 0.15) is 0 Å². The summed E-state index contributed by atoms with van der Waals surface area (Å²) < 4.78 is 68.3. The van der Waals surface area contributed by atoms with E-state index >= 15 is 0 Å². The number of carboxylic acid groups (broad SMARTS) is 1. The summed E-state index contributed by atoms with van der Waals surface area (Å²) >= 11 is 0. The fourth-order valence-corrected chi connectivity index (χ4v) is 2.33. The van der Waals surface area contributed by atoms with E-state index in [1.165, 1.54) is 12.3 Å². The van der Waals surface area contributed by atoms with Gasteiger partial charge in [0.05, 0.1) is 7.11 Å². The zero-order chi connectivity index (χ0) is 22.9. The van der Waals surface area contributed by atoms with Crippen LogP contribution in [0.15, 0.2) is 43.2 Å². The van der Waals surface area contributed by atoms with Crippen molar-refractivity contribution in [1.82, 2.24) is 9.97 Å². The predicted octanol–water partition coefficient (Wildman–Crippen LogP) is 3.09. The standard InChI is InChI=1S/C8H6F3NO6S.C8H7NO2.CH4/c1-16-7(13)6-5(3-2-4-12-6)17-19(14,15)18-8(9,10)11;1-2-6-4-3-5-9-7(6)8(10)11;/h2-4H,1H3;2-5H,1H2,(H,10,11);1H4. The highest BCUT2D eigenvalue weighted by Gasteiger charge is 2.39. The van der Waals surface area contributed by atoms with E-state index in [4.69, 9.17) is 5.11 Å². The van der Waals surface area contributed by atoms with E-state index in [2.05, 4.69) is 29.6 Å². The van der Waals surface area contributed by atoms with Gasteiger partial charge in [-0.15, -0.1) is 17.4 Å². The number of alkyl halides is 3. The van der Waals surface area contributed by atoms with Crippen LogP contribution in [0.2, 0.25) is 0 Å². The fraction of sp³-hybridized carbons (Fsp3) is 0.176. The zero-order valence-corrected chi connectivity index (χ0v) is 15.8. The summed E-state index contributed by atoms with van der Waals surface area (Å²) in [5.41, 5.74) is -0.0261. The van der Waals surface area contributed by atoms with Crippen LogP contribution in [0, 0.1) is 0 Å². The highest BCUT2D eigenvalue weighted by atomic mass is 32.3. The molecule has 0 aliphatic carbocycles. The second-order valence-corrected chi connectivity index (χ2v) is 5.96. The molecular weight excluding hydrogens is 449 g/mol. The summed E-state index contributed by atoms with van der Waals surface area (Å²) in [5, 5.41) is 8.59. The topological polar surface area (TPSA) is 142 Å². The van der Waals surface area contributed by atoms with Gasteiger partial charge in [0.2, 0.25) is 0 Å². The van der Waals surface area contributed by atoms with Crippen LogP contribution in [0.5, 0.6) is 5.75 Å². The minimum atomic E-state index is -5.45. The molecule has 0 saturated carbocycles. The molecule has 0 atom stereocenters. The zero-order valence-electron chi connectivity index (χ0n) is 15.0. The molecule has 0 aromatic carbocycles. The van der Waals surface area contributed by atoms with Crippen molar-refractivity contribution in [3.63, 3.8) is 0 Å². The van der Waals surface area contributed by atoms with Crippen molar-refractivity contribution < 1.29 is 49.4 Å². The average Bonchev–Trinajstić information content (AvgIpc) is 2.66. The second kappa shape index (κ2) is 11.6. The average molecular weight is 466 g/mol. The third-order valence-electron chi connectivity index (χ3n) is 2.80. The first-order chi connectivity index (χ1) is 13.9. The number of methoxy groups -OCH3 is 1. The smallest absolute Gasteiger partial charge is 0.476 e. The third kappa shape index (κ3) is 9.22. The highest BCUT2D eigenvalue weighted by Crippen LogP contribution is 2.24. The molecule has 0 aliphatic rings. The quantitative estimate of drug-likeness (QED) is 0.631. The molecule has 0 amide bonds. The van der Waals surface area contributed by atoms with Crippen LogP contribution in [0.25, 0.3) is 6.08 Å². The largest absolute Gasteiger partial charge is 0.539 e. The molecule has 14 heteroatoms. The summed E-state index contributed by atoms with van der Waals surface area (Å²) in [6.45, 7) is 3.47. The summed E-state index contributed by atoms with van der Waals surface area (Å²) in [6, 6.07) is 5.38. The van der Waals surface area contributed by atoms with Crippen LogP contribution in [-0.4, -0.2) is 48.9 Å². The fourth-order valence-electron chi connectivity index (χ4n) is 1.71. The predicted molar refractivity (Wildman–Crippen MR) is 100 cm³/mol. The Labute approximate surface area is 175 Å². The molecule has 0 unspecified atom stereocenters. The third-order valence-corrected chi connectivity index (χ3v) is 3.58. The first-order valence-electron chi connectivity index (χ1n) is 7.46. The van der Waals surface area contributed by atoms with Gasteiger partial charge in [-0.2, -0.15) is 8.42 Å². The lowest BCUT2D eigenvalue weighted by Crippen LogP contribution is -2.24. The van der Waals surface area contributed by atoms with E-state index in [1.54, 1.807) is 12.1 Å². The SMILES string of the molecule is C.C=Cc1cccnc1C(=O)O.COC(=O)c1ncccc1OS(=O)(=O)OC(F)(F)F. The van der Waals surface area contributed by atoms with E-state index in [9.17, 15) is 31.2 Å². The van der Waals surface area contributed by atoms with Gasteiger partial charge in [-0.1, -0.05) is 26.1 Å². The summed E-state index contributed by atoms with van der Waals surface area (Å²) in [5.74, 6) is -2.86. The Kier molecular flexibility index (Phi) is 10.3. The number of ether oxygens (including phenoxy) is 1. The maximum absolute atomic E-state index is 11.8. The number of hydrogen-bond acceptors (Lipinski definition) is 9. The number of carbonyl (C=O) groups is 2. The molecule has 2 rings (SSSR count). The number of carbonyl (C=O) groups excluding carboxylic acids is 1. The number of hydrogen-bond donors (Lipinski definition) is 1. The van der Waals surface area contributed by atoms with Gasteiger partial charge in [-0.3, -0.25) is 0 Å². The number of carboxylic acids is 1. The van der Waals surface area contributed by atoms with Crippen LogP contribution in [0.1, 0.15) is 34.0 Å². The van der Waals surface area contributed by atoms with Crippen LogP contribution in [0.3, 0.4) is 0 Å². The van der Waals surface area contributed by atoms with Crippen molar-refractivity contribution >= 4 is 28.4 Å². The Hall–Kier alpha value is -3.52. The molecule has 31 heavy (non-hydrogen) atoms. The maximum Gasteiger partial charge on any atom is 0.539 e. The van der Waals surface area contributed by atoms with Gasteiger partial charge in [0, 0.05) is 18.0 Å². The lowest BCUT2D eigenvalue weighted by molar-refractivity contribution is -0.274. The van der Waals surface area contributed by atoms with Crippen LogP contribution >= 0.6 is 0 Å². The van der Waals surface area contributed by atoms with Gasteiger partial charge in [-0.05, 0) is 18.2 Å². The van der Waals surface area contributed by atoms with Gasteiger partial charge in [0.25, 0.3) is 0 Å². The van der Waals surface area contributed by atoms with Gasteiger partial charge < -0.3 is 14.0 Å². The van der Waals surface area contributed by atoms with Gasteiger partial charge >= 0.3 is 28.7 Å². The molecule has 0 fully saturated rings. The van der Waals surface area contributed by atoms with Crippen molar-refractivity contribution in [3.8, 4) is 5.75 Å². The normalized spacial score (nSPS) is 10.6. The Morgan fingerprint density at radius 2 is 1.68 bits per heavy atom. The number of aromatic nitrogens is 2. The van der Waals surface area contributed by atoms with Crippen molar-refractivity contribution in [1.29, 1.82) is 0 Å². The Morgan fingerprint density at radius 3 is 2.13 bits per heavy atom. The number of aromatic carboxylic acids is 1. The van der Waals surface area contributed by atoms with E-state index in [0.717, 1.165) is 25.4 Å². The molecule has 0 bridgehead atoms. The molecule has 170 valence electrons. The molecule has 0 aliphatic heterocycles. The summed E-state index contributed by atoms with van der Waals surface area (Å²) in [7, 11) is -4.46. The van der Waals surface area contributed by atoms with Crippen molar-refractivity contribution in [3.05, 3.63) is 60.2 Å². The van der Waals surface area contributed by atoms with Crippen LogP contribution in [-0.2, 0) is 19.3 Å². The molecule has 2 heterocycles. The molecule has 0 saturated heterocycles. The molecule has 10 nitrogen and oxygen atoms in total.